The number of carbonyl (C=O) groups is 1. The van der Waals surface area contributed by atoms with Crippen molar-refractivity contribution in [3.05, 3.63) is 64.7 Å². The molecule has 120 valence electrons. The highest BCUT2D eigenvalue weighted by molar-refractivity contribution is 6.30. The maximum Gasteiger partial charge on any atom is 0.319 e. The van der Waals surface area contributed by atoms with Gasteiger partial charge in [0.1, 0.15) is 17.3 Å². The lowest BCUT2D eigenvalue weighted by Gasteiger charge is -2.17. The van der Waals surface area contributed by atoms with Gasteiger partial charge in [0.2, 0.25) is 0 Å². The summed E-state index contributed by atoms with van der Waals surface area (Å²) in [6, 6.07) is 10.3. The van der Waals surface area contributed by atoms with Crippen LogP contribution in [-0.4, -0.2) is 12.6 Å². The third-order valence-corrected chi connectivity index (χ3v) is 4.35. The number of hydrogen-bond acceptors (Lipinski definition) is 1. The van der Waals surface area contributed by atoms with Crippen molar-refractivity contribution in [2.45, 2.75) is 18.3 Å². The first-order chi connectivity index (χ1) is 11.0. The van der Waals surface area contributed by atoms with Crippen molar-refractivity contribution in [1.29, 1.82) is 0 Å². The molecular weight excluding hydrogens is 322 g/mol. The third kappa shape index (κ3) is 3.45. The molecule has 0 saturated heterocycles. The summed E-state index contributed by atoms with van der Waals surface area (Å²) in [6.45, 7) is 0.399. The van der Waals surface area contributed by atoms with Crippen molar-refractivity contribution >= 4 is 23.3 Å². The predicted molar refractivity (Wildman–Crippen MR) is 85.7 cm³/mol. The van der Waals surface area contributed by atoms with Gasteiger partial charge in [-0.2, -0.15) is 0 Å². The Morgan fingerprint density at radius 1 is 1.09 bits per heavy atom. The van der Waals surface area contributed by atoms with Crippen molar-refractivity contribution in [3.8, 4) is 0 Å². The molecule has 23 heavy (non-hydrogen) atoms. The van der Waals surface area contributed by atoms with E-state index >= 15 is 0 Å². The third-order valence-electron chi connectivity index (χ3n) is 4.10. The number of hydrogen-bond donors (Lipinski definition) is 2. The van der Waals surface area contributed by atoms with Crippen molar-refractivity contribution in [3.63, 3.8) is 0 Å². The zero-order valence-corrected chi connectivity index (χ0v) is 13.0. The second kappa shape index (κ2) is 6.16. The highest BCUT2D eigenvalue weighted by atomic mass is 35.5. The van der Waals surface area contributed by atoms with Gasteiger partial charge in [-0.05, 0) is 42.7 Å². The molecule has 3 nitrogen and oxygen atoms in total. The quantitative estimate of drug-likeness (QED) is 0.849. The second-order valence-electron chi connectivity index (χ2n) is 5.69. The van der Waals surface area contributed by atoms with E-state index < -0.39 is 23.4 Å². The Hall–Kier alpha value is -2.14. The van der Waals surface area contributed by atoms with Crippen molar-refractivity contribution in [1.82, 2.24) is 5.32 Å². The Bertz CT molecular complexity index is 710. The predicted octanol–water partition coefficient (Wildman–Crippen LogP) is 4.47. The van der Waals surface area contributed by atoms with Gasteiger partial charge in [0.25, 0.3) is 0 Å². The van der Waals surface area contributed by atoms with Gasteiger partial charge in [-0.1, -0.05) is 29.8 Å². The number of amides is 2. The smallest absolute Gasteiger partial charge is 0.319 e. The Morgan fingerprint density at radius 2 is 1.70 bits per heavy atom. The van der Waals surface area contributed by atoms with Gasteiger partial charge in [0, 0.05) is 17.0 Å². The summed E-state index contributed by atoms with van der Waals surface area (Å²) in [5.74, 6) is -1.61. The molecule has 0 heterocycles. The maximum atomic E-state index is 13.5. The zero-order valence-electron chi connectivity index (χ0n) is 12.2. The lowest BCUT2D eigenvalue weighted by atomic mass is 9.96. The van der Waals surface area contributed by atoms with Gasteiger partial charge < -0.3 is 10.6 Å². The van der Waals surface area contributed by atoms with E-state index in [2.05, 4.69) is 10.6 Å². The monoisotopic (exact) mass is 336 g/mol. The summed E-state index contributed by atoms with van der Waals surface area (Å²) < 4.78 is 27.0. The van der Waals surface area contributed by atoms with Gasteiger partial charge in [-0.25, -0.2) is 13.6 Å². The number of halogens is 3. The van der Waals surface area contributed by atoms with Gasteiger partial charge in [0.05, 0.1) is 0 Å². The lowest BCUT2D eigenvalue weighted by molar-refractivity contribution is 0.251. The summed E-state index contributed by atoms with van der Waals surface area (Å²) in [7, 11) is 0. The number of urea groups is 1. The van der Waals surface area contributed by atoms with E-state index in [1.54, 1.807) is 0 Å². The van der Waals surface area contributed by atoms with Crippen LogP contribution >= 0.6 is 11.6 Å². The molecule has 2 aromatic carbocycles. The van der Waals surface area contributed by atoms with Crippen LogP contribution in [-0.2, 0) is 5.41 Å². The molecule has 0 bridgehead atoms. The van der Waals surface area contributed by atoms with Crippen LogP contribution in [0.2, 0.25) is 5.02 Å². The van der Waals surface area contributed by atoms with E-state index in [9.17, 15) is 13.6 Å². The fraction of sp³-hybridized carbons (Fsp3) is 0.235. The molecular formula is C17H15ClF2N2O. The molecule has 2 amide bonds. The number of benzene rings is 2. The molecule has 6 heteroatoms. The molecule has 1 aliphatic rings. The van der Waals surface area contributed by atoms with E-state index in [1.807, 2.05) is 24.3 Å². The van der Waals surface area contributed by atoms with Crippen LogP contribution in [0.5, 0.6) is 0 Å². The molecule has 3 rings (SSSR count). The summed E-state index contributed by atoms with van der Waals surface area (Å²) >= 11 is 5.88. The Labute approximate surface area is 137 Å². The molecule has 1 aliphatic carbocycles. The summed E-state index contributed by atoms with van der Waals surface area (Å²) in [5.41, 5.74) is 0.538. The molecule has 0 aliphatic heterocycles. The number of rotatable bonds is 4. The minimum absolute atomic E-state index is 0.115. The molecule has 2 aromatic rings. The highest BCUT2D eigenvalue weighted by Gasteiger charge is 2.44. The van der Waals surface area contributed by atoms with E-state index in [4.69, 9.17) is 11.6 Å². The number of para-hydroxylation sites is 1. The second-order valence-corrected chi connectivity index (χ2v) is 6.13. The van der Waals surface area contributed by atoms with Gasteiger partial charge >= 0.3 is 6.03 Å². The van der Waals surface area contributed by atoms with Crippen LogP contribution in [0.25, 0.3) is 0 Å². The zero-order chi connectivity index (χ0) is 16.4. The largest absolute Gasteiger partial charge is 0.337 e. The summed E-state index contributed by atoms with van der Waals surface area (Å²) in [6.07, 6.45) is 1.89. The fourth-order valence-corrected chi connectivity index (χ4v) is 2.67. The summed E-state index contributed by atoms with van der Waals surface area (Å²) in [4.78, 5) is 11.9. The normalized spacial score (nSPS) is 15.1. The van der Waals surface area contributed by atoms with Gasteiger partial charge in [-0.3, -0.25) is 0 Å². The van der Waals surface area contributed by atoms with Crippen LogP contribution in [0.1, 0.15) is 18.4 Å². The molecule has 0 unspecified atom stereocenters. The first-order valence-corrected chi connectivity index (χ1v) is 7.63. The van der Waals surface area contributed by atoms with E-state index in [0.717, 1.165) is 30.5 Å². The SMILES string of the molecule is O=C(NCC1(c2ccc(Cl)cc2)CC1)Nc1c(F)cccc1F. The minimum atomic E-state index is -0.806. The molecule has 0 aromatic heterocycles. The first kappa shape index (κ1) is 15.7. The Kier molecular flexibility index (Phi) is 4.22. The first-order valence-electron chi connectivity index (χ1n) is 7.25. The molecule has 0 radical (unpaired) electrons. The average Bonchev–Trinajstić information content (AvgIpc) is 3.31. The van der Waals surface area contributed by atoms with E-state index in [-0.39, 0.29) is 5.41 Å². The highest BCUT2D eigenvalue weighted by Crippen LogP contribution is 2.47. The Morgan fingerprint density at radius 3 is 2.26 bits per heavy atom. The summed E-state index contributed by atoms with van der Waals surface area (Å²) in [5, 5.41) is 5.56. The topological polar surface area (TPSA) is 41.1 Å². The van der Waals surface area contributed by atoms with E-state index in [1.165, 1.54) is 6.07 Å². The van der Waals surface area contributed by atoms with Crippen LogP contribution < -0.4 is 10.6 Å². The van der Waals surface area contributed by atoms with Gasteiger partial charge in [-0.15, -0.1) is 0 Å². The van der Waals surface area contributed by atoms with Gasteiger partial charge in [0.15, 0.2) is 0 Å². The number of anilines is 1. The van der Waals surface area contributed by atoms with Crippen LogP contribution in [0.4, 0.5) is 19.3 Å². The lowest BCUT2D eigenvalue weighted by Crippen LogP contribution is -2.35. The fourth-order valence-electron chi connectivity index (χ4n) is 2.55. The minimum Gasteiger partial charge on any atom is -0.337 e. The Balaban J connectivity index is 1.62. The van der Waals surface area contributed by atoms with E-state index in [0.29, 0.717) is 11.6 Å². The van der Waals surface area contributed by atoms with Crippen molar-refractivity contribution in [2.75, 3.05) is 11.9 Å². The van der Waals surface area contributed by atoms with Crippen molar-refractivity contribution < 1.29 is 13.6 Å². The van der Waals surface area contributed by atoms with Crippen molar-refractivity contribution in [2.24, 2.45) is 0 Å². The number of nitrogens with one attached hydrogen (secondary N) is 2. The van der Waals surface area contributed by atoms with Crippen LogP contribution in [0.3, 0.4) is 0 Å². The molecule has 1 saturated carbocycles. The maximum absolute atomic E-state index is 13.5. The molecule has 2 N–H and O–H groups in total. The van der Waals surface area contributed by atoms with Crippen LogP contribution in [0, 0.1) is 11.6 Å². The molecule has 0 atom stereocenters. The van der Waals surface area contributed by atoms with Crippen LogP contribution in [0.15, 0.2) is 42.5 Å². The standard InChI is InChI=1S/C17H15ClF2N2O/c18-12-6-4-11(5-7-12)17(8-9-17)10-21-16(23)22-15-13(19)2-1-3-14(15)20/h1-7H,8-10H2,(H2,21,22,23). The number of carbonyl (C=O) groups excluding carboxylic acids is 1. The average molecular weight is 337 g/mol. The molecule has 1 fully saturated rings. The molecule has 0 spiro atoms.